The zero-order valence-corrected chi connectivity index (χ0v) is 13.7. The summed E-state index contributed by atoms with van der Waals surface area (Å²) in [7, 11) is 0. The molecular weight excluding hydrogens is 270 g/mol. The summed E-state index contributed by atoms with van der Waals surface area (Å²) in [5, 5.41) is 3.38. The van der Waals surface area contributed by atoms with Crippen LogP contribution in [0, 0.1) is 5.92 Å². The molecule has 0 fully saturated rings. The third-order valence-corrected chi connectivity index (χ3v) is 3.95. The van der Waals surface area contributed by atoms with Gasteiger partial charge in [-0.05, 0) is 48.7 Å². The predicted molar refractivity (Wildman–Crippen MR) is 95.0 cm³/mol. The standard InChI is InChI=1S/C20H27NO/c1-3-5-9-17(4-2)16-22-20-14-12-19(13-15-20)21-18-10-7-6-8-11-18/h6-8,10-15,17,21H,3-5,9,16H2,1-2H3. The van der Waals surface area contributed by atoms with Crippen molar-refractivity contribution in [2.45, 2.75) is 39.5 Å². The number of unbranched alkanes of at least 4 members (excludes halogenated alkanes) is 1. The monoisotopic (exact) mass is 297 g/mol. The van der Waals surface area contributed by atoms with E-state index >= 15 is 0 Å². The van der Waals surface area contributed by atoms with Crippen molar-refractivity contribution >= 4 is 11.4 Å². The Bertz CT molecular complexity index is 521. The summed E-state index contributed by atoms with van der Waals surface area (Å²) in [5.74, 6) is 1.62. The van der Waals surface area contributed by atoms with Gasteiger partial charge in [-0.2, -0.15) is 0 Å². The first-order valence-electron chi connectivity index (χ1n) is 8.36. The van der Waals surface area contributed by atoms with Crippen LogP contribution in [-0.4, -0.2) is 6.61 Å². The Morgan fingerprint density at radius 2 is 1.59 bits per heavy atom. The minimum absolute atomic E-state index is 0.669. The molecule has 1 unspecified atom stereocenters. The van der Waals surface area contributed by atoms with Crippen molar-refractivity contribution < 1.29 is 4.74 Å². The highest BCUT2D eigenvalue weighted by molar-refractivity contribution is 5.59. The van der Waals surface area contributed by atoms with Gasteiger partial charge in [0.1, 0.15) is 5.75 Å². The van der Waals surface area contributed by atoms with E-state index in [1.54, 1.807) is 0 Å². The second-order valence-electron chi connectivity index (χ2n) is 5.74. The average Bonchev–Trinajstić information content (AvgIpc) is 2.57. The number of anilines is 2. The van der Waals surface area contributed by atoms with Crippen molar-refractivity contribution in [2.75, 3.05) is 11.9 Å². The van der Waals surface area contributed by atoms with Crippen molar-refractivity contribution in [1.82, 2.24) is 0 Å². The molecule has 0 aliphatic heterocycles. The summed E-state index contributed by atoms with van der Waals surface area (Å²) in [6, 6.07) is 18.4. The number of rotatable bonds is 9. The Hall–Kier alpha value is -1.96. The lowest BCUT2D eigenvalue weighted by molar-refractivity contribution is 0.233. The molecule has 22 heavy (non-hydrogen) atoms. The fourth-order valence-electron chi connectivity index (χ4n) is 2.43. The van der Waals surface area contributed by atoms with Crippen LogP contribution in [0.25, 0.3) is 0 Å². The minimum Gasteiger partial charge on any atom is -0.493 e. The van der Waals surface area contributed by atoms with Gasteiger partial charge in [-0.15, -0.1) is 0 Å². The molecule has 2 aromatic carbocycles. The van der Waals surface area contributed by atoms with Gasteiger partial charge in [0.15, 0.2) is 0 Å². The fraction of sp³-hybridized carbons (Fsp3) is 0.400. The number of hydrogen-bond acceptors (Lipinski definition) is 2. The summed E-state index contributed by atoms with van der Waals surface area (Å²) in [4.78, 5) is 0. The minimum atomic E-state index is 0.669. The Kier molecular flexibility index (Phi) is 6.82. The zero-order chi connectivity index (χ0) is 15.6. The topological polar surface area (TPSA) is 21.3 Å². The molecule has 118 valence electrons. The first-order chi connectivity index (χ1) is 10.8. The van der Waals surface area contributed by atoms with Gasteiger partial charge >= 0.3 is 0 Å². The molecular formula is C20H27NO. The van der Waals surface area contributed by atoms with E-state index in [1.165, 1.54) is 25.7 Å². The Labute approximate surface area is 134 Å². The van der Waals surface area contributed by atoms with Gasteiger partial charge in [0.2, 0.25) is 0 Å². The molecule has 2 rings (SSSR count). The molecule has 0 aliphatic carbocycles. The van der Waals surface area contributed by atoms with Crippen LogP contribution in [0.15, 0.2) is 54.6 Å². The normalized spacial score (nSPS) is 11.9. The van der Waals surface area contributed by atoms with Crippen molar-refractivity contribution in [1.29, 1.82) is 0 Å². The number of nitrogens with one attached hydrogen (secondary N) is 1. The molecule has 0 aliphatic rings. The van der Waals surface area contributed by atoms with Gasteiger partial charge in [-0.1, -0.05) is 51.3 Å². The van der Waals surface area contributed by atoms with Crippen LogP contribution in [0.4, 0.5) is 11.4 Å². The van der Waals surface area contributed by atoms with Crippen LogP contribution in [0.2, 0.25) is 0 Å². The van der Waals surface area contributed by atoms with E-state index in [0.29, 0.717) is 5.92 Å². The average molecular weight is 297 g/mol. The van der Waals surface area contributed by atoms with E-state index in [1.807, 2.05) is 30.3 Å². The third kappa shape index (κ3) is 5.44. The molecule has 0 saturated carbocycles. The molecule has 0 aromatic heterocycles. The van der Waals surface area contributed by atoms with Gasteiger partial charge in [-0.3, -0.25) is 0 Å². The molecule has 0 saturated heterocycles. The fourth-order valence-corrected chi connectivity index (χ4v) is 2.43. The highest BCUT2D eigenvalue weighted by Gasteiger charge is 2.06. The van der Waals surface area contributed by atoms with Gasteiger partial charge < -0.3 is 10.1 Å². The van der Waals surface area contributed by atoms with E-state index in [2.05, 4.69) is 43.4 Å². The van der Waals surface area contributed by atoms with E-state index in [-0.39, 0.29) is 0 Å². The summed E-state index contributed by atoms with van der Waals surface area (Å²) < 4.78 is 5.93. The molecule has 2 heteroatoms. The van der Waals surface area contributed by atoms with Gasteiger partial charge in [0.25, 0.3) is 0 Å². The maximum atomic E-state index is 5.93. The molecule has 2 nitrogen and oxygen atoms in total. The van der Waals surface area contributed by atoms with Crippen LogP contribution in [-0.2, 0) is 0 Å². The van der Waals surface area contributed by atoms with E-state index < -0.39 is 0 Å². The molecule has 0 bridgehead atoms. The Morgan fingerprint density at radius 1 is 0.909 bits per heavy atom. The molecule has 2 aromatic rings. The molecule has 1 atom stereocenters. The van der Waals surface area contributed by atoms with E-state index in [0.717, 1.165) is 23.7 Å². The van der Waals surface area contributed by atoms with Crippen molar-refractivity contribution in [2.24, 2.45) is 5.92 Å². The largest absolute Gasteiger partial charge is 0.493 e. The lowest BCUT2D eigenvalue weighted by Crippen LogP contribution is -2.11. The van der Waals surface area contributed by atoms with Gasteiger partial charge in [-0.25, -0.2) is 0 Å². The van der Waals surface area contributed by atoms with Crippen molar-refractivity contribution in [3.8, 4) is 5.75 Å². The van der Waals surface area contributed by atoms with Crippen molar-refractivity contribution in [3.63, 3.8) is 0 Å². The van der Waals surface area contributed by atoms with Crippen LogP contribution in [0.5, 0.6) is 5.75 Å². The van der Waals surface area contributed by atoms with Crippen LogP contribution in [0.3, 0.4) is 0 Å². The lowest BCUT2D eigenvalue weighted by Gasteiger charge is -2.16. The number of hydrogen-bond donors (Lipinski definition) is 1. The molecule has 1 N–H and O–H groups in total. The number of ether oxygens (including phenoxy) is 1. The summed E-state index contributed by atoms with van der Waals surface area (Å²) in [5.41, 5.74) is 2.18. The summed E-state index contributed by atoms with van der Waals surface area (Å²) >= 11 is 0. The summed E-state index contributed by atoms with van der Waals surface area (Å²) in [6.07, 6.45) is 5.01. The summed E-state index contributed by atoms with van der Waals surface area (Å²) in [6.45, 7) is 5.31. The predicted octanol–water partition coefficient (Wildman–Crippen LogP) is 6.03. The first-order valence-corrected chi connectivity index (χ1v) is 8.36. The number of benzene rings is 2. The maximum absolute atomic E-state index is 5.93. The zero-order valence-electron chi connectivity index (χ0n) is 13.7. The van der Waals surface area contributed by atoms with Crippen LogP contribution >= 0.6 is 0 Å². The lowest BCUT2D eigenvalue weighted by atomic mass is 10.0. The Morgan fingerprint density at radius 3 is 2.23 bits per heavy atom. The van der Waals surface area contributed by atoms with Crippen molar-refractivity contribution in [3.05, 3.63) is 54.6 Å². The van der Waals surface area contributed by atoms with Crippen LogP contribution in [0.1, 0.15) is 39.5 Å². The SMILES string of the molecule is CCCCC(CC)COc1ccc(Nc2ccccc2)cc1. The smallest absolute Gasteiger partial charge is 0.119 e. The molecule has 0 amide bonds. The van der Waals surface area contributed by atoms with Gasteiger partial charge in [0.05, 0.1) is 6.61 Å². The second-order valence-corrected chi connectivity index (χ2v) is 5.74. The van der Waals surface area contributed by atoms with Gasteiger partial charge in [0, 0.05) is 11.4 Å². The molecule has 0 spiro atoms. The highest BCUT2D eigenvalue weighted by Crippen LogP contribution is 2.21. The Balaban J connectivity index is 1.83. The molecule has 0 radical (unpaired) electrons. The number of para-hydroxylation sites is 1. The maximum Gasteiger partial charge on any atom is 0.119 e. The quantitative estimate of drug-likeness (QED) is 0.610. The highest BCUT2D eigenvalue weighted by atomic mass is 16.5. The second kappa shape index (κ2) is 9.14. The van der Waals surface area contributed by atoms with E-state index in [9.17, 15) is 0 Å². The molecule has 0 heterocycles. The first kappa shape index (κ1) is 16.4. The van der Waals surface area contributed by atoms with Crippen LogP contribution < -0.4 is 10.1 Å². The third-order valence-electron chi connectivity index (χ3n) is 3.95. The van der Waals surface area contributed by atoms with E-state index in [4.69, 9.17) is 4.74 Å².